The van der Waals surface area contributed by atoms with E-state index in [9.17, 15) is 51.8 Å². The molecule has 0 fully saturated rings. The SMILES string of the molecule is O=C(Oc1ccc(-c2ccc(F)cc2F)cc1C(=O)Nc1ccc([N+](=O)[O-])c(C(F)(F)F)c1)c1ccc([N+](=O)[O-])cc1. The van der Waals surface area contributed by atoms with Gasteiger partial charge in [0.15, 0.2) is 0 Å². The number of carbonyl (C=O) groups is 2. The van der Waals surface area contributed by atoms with Gasteiger partial charge in [0, 0.05) is 35.5 Å². The molecule has 0 atom stereocenters. The minimum absolute atomic E-state index is 0.00698. The van der Waals surface area contributed by atoms with Crippen LogP contribution in [0.25, 0.3) is 11.1 Å². The van der Waals surface area contributed by atoms with E-state index in [2.05, 4.69) is 5.32 Å². The lowest BCUT2D eigenvalue weighted by atomic mass is 10.0. The molecule has 0 bridgehead atoms. The Kier molecular flexibility index (Phi) is 7.94. The second-order valence-electron chi connectivity index (χ2n) is 8.47. The lowest BCUT2D eigenvalue weighted by Crippen LogP contribution is -2.17. The van der Waals surface area contributed by atoms with Gasteiger partial charge < -0.3 is 10.1 Å². The topological polar surface area (TPSA) is 142 Å². The highest BCUT2D eigenvalue weighted by atomic mass is 19.4. The third-order valence-electron chi connectivity index (χ3n) is 5.74. The molecule has 4 aromatic carbocycles. The first kappa shape index (κ1) is 29.3. The van der Waals surface area contributed by atoms with Crippen LogP contribution in [0.4, 0.5) is 39.0 Å². The molecule has 15 heteroatoms. The summed E-state index contributed by atoms with van der Waals surface area (Å²) in [5, 5.41) is 24.0. The van der Waals surface area contributed by atoms with Crippen molar-refractivity contribution in [2.75, 3.05) is 5.32 Å². The molecule has 1 amide bonds. The van der Waals surface area contributed by atoms with E-state index in [0.717, 1.165) is 54.6 Å². The van der Waals surface area contributed by atoms with Gasteiger partial charge in [-0.25, -0.2) is 13.6 Å². The van der Waals surface area contributed by atoms with E-state index in [4.69, 9.17) is 4.74 Å². The maximum atomic E-state index is 14.5. The molecule has 0 heterocycles. The highest BCUT2D eigenvalue weighted by Crippen LogP contribution is 2.38. The summed E-state index contributed by atoms with van der Waals surface area (Å²) < 4.78 is 73.4. The standard InChI is InChI=1S/C27H14F5N3O7/c28-16-4-8-19(22(29)12-16)15-3-10-24(42-26(37)14-1-6-18(7-2-14)34(38)39)20(11-15)25(36)33-17-5-9-23(35(40)41)21(13-17)27(30,31)32/h1-13H,(H,33,36). The third kappa shape index (κ3) is 6.35. The number of non-ortho nitro benzene ring substituents is 1. The van der Waals surface area contributed by atoms with Gasteiger partial charge in [0.2, 0.25) is 0 Å². The molecule has 1 N–H and O–H groups in total. The van der Waals surface area contributed by atoms with Crippen LogP contribution in [-0.4, -0.2) is 21.7 Å². The smallest absolute Gasteiger partial charge is 0.422 e. The van der Waals surface area contributed by atoms with Gasteiger partial charge in [-0.15, -0.1) is 0 Å². The number of esters is 1. The lowest BCUT2D eigenvalue weighted by molar-refractivity contribution is -0.388. The maximum absolute atomic E-state index is 14.5. The van der Waals surface area contributed by atoms with Crippen LogP contribution < -0.4 is 10.1 Å². The minimum atomic E-state index is -5.14. The van der Waals surface area contributed by atoms with Gasteiger partial charge in [-0.2, -0.15) is 13.2 Å². The Bertz CT molecular complexity index is 1740. The van der Waals surface area contributed by atoms with Gasteiger partial charge in [0.1, 0.15) is 22.9 Å². The Morgan fingerprint density at radius 3 is 2.10 bits per heavy atom. The third-order valence-corrected chi connectivity index (χ3v) is 5.74. The summed E-state index contributed by atoms with van der Waals surface area (Å²) in [6.07, 6.45) is -5.14. The number of anilines is 1. The zero-order chi connectivity index (χ0) is 30.8. The van der Waals surface area contributed by atoms with Crippen molar-refractivity contribution in [1.82, 2.24) is 0 Å². The predicted octanol–water partition coefficient (Wildman–Crippen LogP) is 6.94. The van der Waals surface area contributed by atoms with Crippen molar-refractivity contribution in [3.8, 4) is 16.9 Å². The Labute approximate surface area is 231 Å². The Morgan fingerprint density at radius 1 is 0.810 bits per heavy atom. The van der Waals surface area contributed by atoms with E-state index in [1.165, 1.54) is 6.07 Å². The number of nitro groups is 2. The fraction of sp³-hybridized carbons (Fsp3) is 0.0370. The molecule has 0 radical (unpaired) electrons. The molecule has 0 aliphatic carbocycles. The minimum Gasteiger partial charge on any atom is -0.422 e. The first-order valence-electron chi connectivity index (χ1n) is 11.5. The van der Waals surface area contributed by atoms with Crippen LogP contribution in [0, 0.1) is 31.9 Å². The van der Waals surface area contributed by atoms with Crippen LogP contribution in [0.5, 0.6) is 5.75 Å². The van der Waals surface area contributed by atoms with Crippen molar-refractivity contribution in [1.29, 1.82) is 0 Å². The first-order chi connectivity index (χ1) is 19.7. The lowest BCUT2D eigenvalue weighted by Gasteiger charge is -2.14. The summed E-state index contributed by atoms with van der Waals surface area (Å²) in [6.45, 7) is 0. The fourth-order valence-electron chi connectivity index (χ4n) is 3.76. The number of amides is 1. The molecule has 42 heavy (non-hydrogen) atoms. The molecule has 214 valence electrons. The molecule has 0 aliphatic rings. The van der Waals surface area contributed by atoms with E-state index in [0.29, 0.717) is 18.2 Å². The maximum Gasteiger partial charge on any atom is 0.423 e. The summed E-state index contributed by atoms with van der Waals surface area (Å²) in [5.41, 5.74) is -4.56. The summed E-state index contributed by atoms with van der Waals surface area (Å²) in [5.74, 6) is -4.58. The van der Waals surface area contributed by atoms with Crippen molar-refractivity contribution in [3.63, 3.8) is 0 Å². The van der Waals surface area contributed by atoms with Crippen LogP contribution >= 0.6 is 0 Å². The quantitative estimate of drug-likeness (QED) is 0.0812. The number of nitrogens with one attached hydrogen (secondary N) is 1. The second-order valence-corrected chi connectivity index (χ2v) is 8.47. The molecule has 0 aromatic heterocycles. The number of benzene rings is 4. The normalized spacial score (nSPS) is 11.1. The van der Waals surface area contributed by atoms with Crippen LogP contribution in [0.15, 0.2) is 78.9 Å². The van der Waals surface area contributed by atoms with Crippen LogP contribution in [0.1, 0.15) is 26.3 Å². The number of hydrogen-bond donors (Lipinski definition) is 1. The molecule has 0 saturated heterocycles. The predicted molar refractivity (Wildman–Crippen MR) is 136 cm³/mol. The molecule has 0 unspecified atom stereocenters. The zero-order valence-corrected chi connectivity index (χ0v) is 20.6. The molecule has 0 aliphatic heterocycles. The fourth-order valence-corrected chi connectivity index (χ4v) is 3.76. The average molecular weight is 587 g/mol. The van der Waals surface area contributed by atoms with Crippen LogP contribution in [-0.2, 0) is 6.18 Å². The molecular formula is C27H14F5N3O7. The molecule has 0 saturated carbocycles. The molecule has 4 rings (SSSR count). The van der Waals surface area contributed by atoms with E-state index in [-0.39, 0.29) is 22.4 Å². The number of hydrogen-bond acceptors (Lipinski definition) is 7. The van der Waals surface area contributed by atoms with Crippen LogP contribution in [0.2, 0.25) is 0 Å². The summed E-state index contributed by atoms with van der Waals surface area (Å²) in [6, 6.07) is 11.8. The molecule has 10 nitrogen and oxygen atoms in total. The van der Waals surface area contributed by atoms with Crippen LogP contribution in [0.3, 0.4) is 0 Å². The Hall–Kier alpha value is -5.73. The Morgan fingerprint density at radius 2 is 1.50 bits per heavy atom. The van der Waals surface area contributed by atoms with Gasteiger partial charge in [-0.1, -0.05) is 6.07 Å². The molecule has 4 aromatic rings. The summed E-state index contributed by atoms with van der Waals surface area (Å²) >= 11 is 0. The van der Waals surface area contributed by atoms with E-state index in [1.54, 1.807) is 0 Å². The second kappa shape index (κ2) is 11.4. The van der Waals surface area contributed by atoms with Crippen molar-refractivity contribution in [2.24, 2.45) is 0 Å². The largest absolute Gasteiger partial charge is 0.423 e. The van der Waals surface area contributed by atoms with Crippen molar-refractivity contribution in [2.45, 2.75) is 6.18 Å². The Balaban J connectivity index is 1.74. The first-order valence-corrected chi connectivity index (χ1v) is 11.5. The van der Waals surface area contributed by atoms with Gasteiger partial charge >= 0.3 is 12.1 Å². The van der Waals surface area contributed by atoms with Gasteiger partial charge in [0.05, 0.1) is 21.0 Å². The molecular weight excluding hydrogens is 573 g/mol. The number of nitro benzene ring substituents is 2. The number of nitrogens with zero attached hydrogens (tertiary/aromatic N) is 2. The monoisotopic (exact) mass is 587 g/mol. The number of alkyl halides is 3. The van der Waals surface area contributed by atoms with Gasteiger partial charge in [-0.3, -0.25) is 25.0 Å². The van der Waals surface area contributed by atoms with E-state index in [1.807, 2.05) is 0 Å². The van der Waals surface area contributed by atoms with E-state index < -0.39 is 67.8 Å². The van der Waals surface area contributed by atoms with Gasteiger partial charge in [0.25, 0.3) is 17.3 Å². The van der Waals surface area contributed by atoms with Gasteiger partial charge in [-0.05, 0) is 54.1 Å². The van der Waals surface area contributed by atoms with E-state index >= 15 is 0 Å². The highest BCUT2D eigenvalue weighted by molar-refractivity contribution is 6.08. The number of carbonyl (C=O) groups excluding carboxylic acids is 2. The summed E-state index contributed by atoms with van der Waals surface area (Å²) in [4.78, 5) is 45.9. The zero-order valence-electron chi connectivity index (χ0n) is 20.6. The molecule has 0 spiro atoms. The number of ether oxygens (including phenoxy) is 1. The van der Waals surface area contributed by atoms with Crippen molar-refractivity contribution < 1.29 is 46.1 Å². The highest BCUT2D eigenvalue weighted by Gasteiger charge is 2.38. The summed E-state index contributed by atoms with van der Waals surface area (Å²) in [7, 11) is 0. The van der Waals surface area contributed by atoms with Crippen molar-refractivity contribution in [3.05, 3.63) is 127 Å². The van der Waals surface area contributed by atoms with Crippen molar-refractivity contribution >= 4 is 28.9 Å². The average Bonchev–Trinajstić information content (AvgIpc) is 2.92. The number of rotatable bonds is 7. The number of halogens is 5.